The molecule has 0 aliphatic rings. The van der Waals surface area contributed by atoms with Gasteiger partial charge in [0.1, 0.15) is 11.5 Å². The van der Waals surface area contributed by atoms with Crippen LogP contribution in [0.15, 0.2) is 54.6 Å². The summed E-state index contributed by atoms with van der Waals surface area (Å²) in [5.74, 6) is 1.22. The Hall–Kier alpha value is -2.00. The smallest absolute Gasteiger partial charge is 0.119 e. The van der Waals surface area contributed by atoms with E-state index >= 15 is 0 Å². The molecule has 0 radical (unpaired) electrons. The molecule has 0 saturated heterocycles. The normalized spacial score (nSPS) is 10.3. The Morgan fingerprint density at radius 2 is 1.84 bits per heavy atom. The van der Waals surface area contributed by atoms with Crippen molar-refractivity contribution in [3.8, 4) is 11.5 Å². The van der Waals surface area contributed by atoms with E-state index in [4.69, 9.17) is 4.74 Å². The average molecular weight is 257 g/mol. The SMILES string of the molecule is Oc1cccc(CNCCCOc2ccccc2)c1. The highest BCUT2D eigenvalue weighted by molar-refractivity contribution is 5.26. The fourth-order valence-corrected chi connectivity index (χ4v) is 1.80. The summed E-state index contributed by atoms with van der Waals surface area (Å²) in [5.41, 5.74) is 1.09. The summed E-state index contributed by atoms with van der Waals surface area (Å²) >= 11 is 0. The topological polar surface area (TPSA) is 41.5 Å². The van der Waals surface area contributed by atoms with Gasteiger partial charge in [-0.15, -0.1) is 0 Å². The molecule has 0 amide bonds. The molecule has 2 aromatic carbocycles. The molecule has 0 spiro atoms. The molecule has 0 bridgehead atoms. The molecule has 19 heavy (non-hydrogen) atoms. The van der Waals surface area contributed by atoms with Gasteiger partial charge < -0.3 is 15.2 Å². The van der Waals surface area contributed by atoms with Crippen LogP contribution < -0.4 is 10.1 Å². The fraction of sp³-hybridized carbons (Fsp3) is 0.250. The van der Waals surface area contributed by atoms with Crippen molar-refractivity contribution in [1.82, 2.24) is 5.32 Å². The number of para-hydroxylation sites is 1. The van der Waals surface area contributed by atoms with Crippen molar-refractivity contribution >= 4 is 0 Å². The van der Waals surface area contributed by atoms with Crippen LogP contribution in [0, 0.1) is 0 Å². The number of rotatable bonds is 7. The maximum Gasteiger partial charge on any atom is 0.119 e. The van der Waals surface area contributed by atoms with E-state index in [0.29, 0.717) is 12.4 Å². The third-order valence-electron chi connectivity index (χ3n) is 2.75. The van der Waals surface area contributed by atoms with Gasteiger partial charge in [-0.05, 0) is 42.8 Å². The van der Waals surface area contributed by atoms with Crippen LogP contribution in [0.4, 0.5) is 0 Å². The Morgan fingerprint density at radius 3 is 2.63 bits per heavy atom. The van der Waals surface area contributed by atoms with Crippen LogP contribution in [0.5, 0.6) is 11.5 Å². The molecule has 0 aromatic heterocycles. The number of aromatic hydroxyl groups is 1. The summed E-state index contributed by atoms with van der Waals surface area (Å²) in [7, 11) is 0. The van der Waals surface area contributed by atoms with Gasteiger partial charge in [0.05, 0.1) is 6.61 Å². The second kappa shape index (κ2) is 7.44. The lowest BCUT2D eigenvalue weighted by Crippen LogP contribution is -2.16. The van der Waals surface area contributed by atoms with Crippen LogP contribution in [0.2, 0.25) is 0 Å². The van der Waals surface area contributed by atoms with Gasteiger partial charge in [-0.2, -0.15) is 0 Å². The molecule has 2 rings (SSSR count). The first kappa shape index (κ1) is 13.4. The summed E-state index contributed by atoms with van der Waals surface area (Å²) in [5, 5.41) is 12.7. The summed E-state index contributed by atoms with van der Waals surface area (Å²) in [4.78, 5) is 0. The lowest BCUT2D eigenvalue weighted by Gasteiger charge is -2.07. The quantitative estimate of drug-likeness (QED) is 0.749. The van der Waals surface area contributed by atoms with Gasteiger partial charge in [-0.25, -0.2) is 0 Å². The first-order valence-electron chi connectivity index (χ1n) is 6.51. The highest BCUT2D eigenvalue weighted by Crippen LogP contribution is 2.10. The molecule has 0 fully saturated rings. The van der Waals surface area contributed by atoms with Gasteiger partial charge >= 0.3 is 0 Å². The van der Waals surface area contributed by atoms with E-state index in [-0.39, 0.29) is 0 Å². The number of phenols is 1. The summed E-state index contributed by atoms with van der Waals surface area (Å²) in [6.07, 6.45) is 0.952. The minimum atomic E-state index is 0.312. The predicted octanol–water partition coefficient (Wildman–Crippen LogP) is 2.95. The van der Waals surface area contributed by atoms with Gasteiger partial charge in [0.25, 0.3) is 0 Å². The zero-order chi connectivity index (χ0) is 13.3. The number of phenolic OH excluding ortho intramolecular Hbond substituents is 1. The van der Waals surface area contributed by atoms with E-state index in [1.807, 2.05) is 42.5 Å². The molecule has 0 atom stereocenters. The molecule has 0 saturated carbocycles. The van der Waals surface area contributed by atoms with Gasteiger partial charge in [0, 0.05) is 6.54 Å². The van der Waals surface area contributed by atoms with Crippen LogP contribution in [0.1, 0.15) is 12.0 Å². The molecule has 3 nitrogen and oxygen atoms in total. The Kier molecular flexibility index (Phi) is 5.26. The number of ether oxygens (including phenoxy) is 1. The first-order chi connectivity index (χ1) is 9.34. The minimum absolute atomic E-state index is 0.312. The number of hydrogen-bond acceptors (Lipinski definition) is 3. The maximum absolute atomic E-state index is 9.33. The summed E-state index contributed by atoms with van der Waals surface area (Å²) in [6, 6.07) is 17.1. The van der Waals surface area contributed by atoms with Gasteiger partial charge in [0.2, 0.25) is 0 Å². The molecule has 0 aliphatic carbocycles. The van der Waals surface area contributed by atoms with Crippen molar-refractivity contribution < 1.29 is 9.84 Å². The molecule has 0 unspecified atom stereocenters. The Morgan fingerprint density at radius 1 is 1.00 bits per heavy atom. The second-order valence-electron chi connectivity index (χ2n) is 4.36. The first-order valence-corrected chi connectivity index (χ1v) is 6.51. The third-order valence-corrected chi connectivity index (χ3v) is 2.75. The minimum Gasteiger partial charge on any atom is -0.508 e. The lowest BCUT2D eigenvalue weighted by atomic mass is 10.2. The average Bonchev–Trinajstić information content (AvgIpc) is 2.44. The highest BCUT2D eigenvalue weighted by Gasteiger charge is 1.95. The molecule has 2 N–H and O–H groups in total. The van der Waals surface area contributed by atoms with Crippen LogP contribution in [0.3, 0.4) is 0 Å². The lowest BCUT2D eigenvalue weighted by molar-refractivity contribution is 0.308. The maximum atomic E-state index is 9.33. The monoisotopic (exact) mass is 257 g/mol. The fourth-order valence-electron chi connectivity index (χ4n) is 1.80. The van der Waals surface area contributed by atoms with E-state index in [0.717, 1.165) is 30.8 Å². The molecular weight excluding hydrogens is 238 g/mol. The van der Waals surface area contributed by atoms with Crippen molar-refractivity contribution in [3.05, 3.63) is 60.2 Å². The second-order valence-corrected chi connectivity index (χ2v) is 4.36. The van der Waals surface area contributed by atoms with Crippen molar-refractivity contribution in [2.75, 3.05) is 13.2 Å². The largest absolute Gasteiger partial charge is 0.508 e. The van der Waals surface area contributed by atoms with Crippen molar-refractivity contribution in [3.63, 3.8) is 0 Å². The van der Waals surface area contributed by atoms with Crippen LogP contribution in [0.25, 0.3) is 0 Å². The number of benzene rings is 2. The zero-order valence-electron chi connectivity index (χ0n) is 10.9. The molecule has 0 heterocycles. The molecular formula is C16H19NO2. The summed E-state index contributed by atoms with van der Waals surface area (Å²) < 4.78 is 5.60. The molecule has 3 heteroatoms. The summed E-state index contributed by atoms with van der Waals surface area (Å²) in [6.45, 7) is 2.36. The van der Waals surface area contributed by atoms with E-state index in [2.05, 4.69) is 5.32 Å². The van der Waals surface area contributed by atoms with E-state index in [9.17, 15) is 5.11 Å². The predicted molar refractivity (Wildman–Crippen MR) is 76.4 cm³/mol. The Labute approximate surface area is 113 Å². The standard InChI is InChI=1S/C16H19NO2/c18-15-7-4-6-14(12-15)13-17-10-5-11-19-16-8-2-1-3-9-16/h1-4,6-9,12,17-18H,5,10-11,13H2. The van der Waals surface area contributed by atoms with E-state index in [1.165, 1.54) is 0 Å². The molecule has 0 aliphatic heterocycles. The molecule has 2 aromatic rings. The highest BCUT2D eigenvalue weighted by atomic mass is 16.5. The van der Waals surface area contributed by atoms with Crippen LogP contribution in [-0.4, -0.2) is 18.3 Å². The van der Waals surface area contributed by atoms with Crippen molar-refractivity contribution in [1.29, 1.82) is 0 Å². The van der Waals surface area contributed by atoms with Crippen molar-refractivity contribution in [2.45, 2.75) is 13.0 Å². The van der Waals surface area contributed by atoms with Crippen LogP contribution >= 0.6 is 0 Å². The van der Waals surface area contributed by atoms with Crippen molar-refractivity contribution in [2.24, 2.45) is 0 Å². The van der Waals surface area contributed by atoms with E-state index in [1.54, 1.807) is 12.1 Å². The van der Waals surface area contributed by atoms with E-state index < -0.39 is 0 Å². The number of nitrogens with one attached hydrogen (secondary N) is 1. The van der Waals surface area contributed by atoms with Gasteiger partial charge in [-0.3, -0.25) is 0 Å². The van der Waals surface area contributed by atoms with Crippen LogP contribution in [-0.2, 0) is 6.54 Å². The van der Waals surface area contributed by atoms with Gasteiger partial charge in [0.15, 0.2) is 0 Å². The molecule has 100 valence electrons. The Balaban J connectivity index is 1.58. The zero-order valence-corrected chi connectivity index (χ0v) is 10.9. The van der Waals surface area contributed by atoms with Gasteiger partial charge in [-0.1, -0.05) is 30.3 Å². The Bertz CT molecular complexity index is 485. The third kappa shape index (κ3) is 5.02. The number of hydrogen-bond donors (Lipinski definition) is 2.